The summed E-state index contributed by atoms with van der Waals surface area (Å²) in [6.45, 7) is 2.31. The van der Waals surface area contributed by atoms with Gasteiger partial charge in [0.05, 0.1) is 14.6 Å². The van der Waals surface area contributed by atoms with Gasteiger partial charge >= 0.3 is 0 Å². The number of aryl methyl sites for hydroxylation is 1. The highest BCUT2D eigenvalue weighted by Gasteiger charge is 2.40. The van der Waals surface area contributed by atoms with Crippen LogP contribution >= 0.6 is 34.3 Å². The Morgan fingerprint density at radius 2 is 2.11 bits per heavy atom. The second kappa shape index (κ2) is 7.14. The van der Waals surface area contributed by atoms with E-state index in [4.69, 9.17) is 11.6 Å². The van der Waals surface area contributed by atoms with E-state index in [0.717, 1.165) is 27.1 Å². The van der Waals surface area contributed by atoms with Crippen LogP contribution in [0.3, 0.4) is 0 Å². The normalized spacial score (nSPS) is 18.2. The van der Waals surface area contributed by atoms with Crippen LogP contribution in [0.1, 0.15) is 18.4 Å². The van der Waals surface area contributed by atoms with Gasteiger partial charge in [0.1, 0.15) is 10.3 Å². The molecule has 1 aliphatic heterocycles. The Morgan fingerprint density at radius 3 is 2.85 bits per heavy atom. The number of nitrogens with one attached hydrogen (secondary N) is 1. The summed E-state index contributed by atoms with van der Waals surface area (Å²) in [4.78, 5) is 17.2. The molecular weight excluding hydrogens is 426 g/mol. The number of fused-ring (bicyclic) bond motifs is 1. The molecule has 3 heterocycles. The van der Waals surface area contributed by atoms with Gasteiger partial charge in [-0.05, 0) is 49.6 Å². The Morgan fingerprint density at radius 1 is 1.30 bits per heavy atom. The number of amides is 1. The van der Waals surface area contributed by atoms with Crippen molar-refractivity contribution < 1.29 is 13.2 Å². The first-order valence-electron chi connectivity index (χ1n) is 8.30. The number of sulfonamides is 1. The number of carbonyl (C=O) groups excluding carboxylic acids is 1. The number of carbonyl (C=O) groups is 1. The van der Waals surface area contributed by atoms with Crippen molar-refractivity contribution in [1.29, 1.82) is 0 Å². The Labute approximate surface area is 169 Å². The van der Waals surface area contributed by atoms with Crippen molar-refractivity contribution in [3.8, 4) is 0 Å². The molecule has 142 valence electrons. The summed E-state index contributed by atoms with van der Waals surface area (Å²) in [5, 5.41) is 3.27. The van der Waals surface area contributed by atoms with E-state index < -0.39 is 16.1 Å². The lowest BCUT2D eigenvalue weighted by atomic mass is 10.2. The van der Waals surface area contributed by atoms with Crippen molar-refractivity contribution in [2.45, 2.75) is 30.0 Å². The number of thiazole rings is 1. The predicted molar refractivity (Wildman–Crippen MR) is 109 cm³/mol. The summed E-state index contributed by atoms with van der Waals surface area (Å²) in [6.07, 6.45) is 1.11. The van der Waals surface area contributed by atoms with E-state index in [0.29, 0.717) is 28.9 Å². The van der Waals surface area contributed by atoms with Crippen LogP contribution < -0.4 is 5.32 Å². The molecule has 0 spiro atoms. The predicted octanol–water partition coefficient (Wildman–Crippen LogP) is 4.11. The number of hydrogen-bond donors (Lipinski definition) is 1. The summed E-state index contributed by atoms with van der Waals surface area (Å²) in [5.41, 5.74) is 1.93. The maximum Gasteiger partial charge on any atom is 0.253 e. The molecule has 1 fully saturated rings. The van der Waals surface area contributed by atoms with Crippen LogP contribution in [0.4, 0.5) is 5.13 Å². The molecule has 1 aromatic carbocycles. The molecule has 1 N–H and O–H groups in total. The molecule has 1 aliphatic rings. The second-order valence-electron chi connectivity index (χ2n) is 6.31. The van der Waals surface area contributed by atoms with Crippen molar-refractivity contribution >= 4 is 65.6 Å². The number of rotatable bonds is 4. The van der Waals surface area contributed by atoms with E-state index in [1.165, 1.54) is 21.7 Å². The van der Waals surface area contributed by atoms with Crippen molar-refractivity contribution in [3.63, 3.8) is 0 Å². The minimum Gasteiger partial charge on any atom is -0.301 e. The molecule has 0 radical (unpaired) electrons. The highest BCUT2D eigenvalue weighted by Crippen LogP contribution is 2.33. The Bertz CT molecular complexity index is 1120. The summed E-state index contributed by atoms with van der Waals surface area (Å²) >= 11 is 8.26. The third kappa shape index (κ3) is 3.62. The molecule has 27 heavy (non-hydrogen) atoms. The number of anilines is 1. The molecule has 0 aliphatic carbocycles. The fourth-order valence-electron chi connectivity index (χ4n) is 3.12. The largest absolute Gasteiger partial charge is 0.301 e. The number of halogens is 1. The molecule has 1 saturated heterocycles. The fourth-order valence-corrected chi connectivity index (χ4v) is 7.35. The molecular formula is C17H16ClN3O3S3. The summed E-state index contributed by atoms with van der Waals surface area (Å²) < 4.78 is 28.6. The molecule has 3 aromatic rings. The van der Waals surface area contributed by atoms with E-state index in [1.807, 2.05) is 25.1 Å². The van der Waals surface area contributed by atoms with Crippen molar-refractivity contribution in [3.05, 3.63) is 40.2 Å². The maximum absolute atomic E-state index is 12.9. The molecule has 6 nitrogen and oxygen atoms in total. The molecule has 1 unspecified atom stereocenters. The van der Waals surface area contributed by atoms with Crippen LogP contribution in [-0.2, 0) is 14.8 Å². The van der Waals surface area contributed by atoms with E-state index in [2.05, 4.69) is 10.3 Å². The van der Waals surface area contributed by atoms with Crippen LogP contribution in [0.25, 0.3) is 10.2 Å². The van der Waals surface area contributed by atoms with Gasteiger partial charge in [0.2, 0.25) is 5.91 Å². The minimum absolute atomic E-state index is 0.155. The van der Waals surface area contributed by atoms with Crippen molar-refractivity contribution in [2.24, 2.45) is 0 Å². The van der Waals surface area contributed by atoms with Crippen LogP contribution in [0.5, 0.6) is 0 Å². The molecule has 1 amide bonds. The van der Waals surface area contributed by atoms with E-state index in [1.54, 1.807) is 6.07 Å². The fraction of sp³-hybridized carbons (Fsp3) is 0.294. The van der Waals surface area contributed by atoms with Gasteiger partial charge in [0.15, 0.2) is 5.13 Å². The monoisotopic (exact) mass is 441 g/mol. The lowest BCUT2D eigenvalue weighted by molar-refractivity contribution is -0.119. The first-order valence-corrected chi connectivity index (χ1v) is 11.7. The quantitative estimate of drug-likeness (QED) is 0.660. The van der Waals surface area contributed by atoms with Gasteiger partial charge in [0, 0.05) is 6.54 Å². The molecule has 0 saturated carbocycles. The Balaban J connectivity index is 1.56. The zero-order valence-electron chi connectivity index (χ0n) is 14.3. The van der Waals surface area contributed by atoms with Gasteiger partial charge in [-0.2, -0.15) is 4.31 Å². The van der Waals surface area contributed by atoms with Crippen LogP contribution in [0.15, 0.2) is 34.5 Å². The topological polar surface area (TPSA) is 79.4 Å². The molecule has 2 aromatic heterocycles. The van der Waals surface area contributed by atoms with Gasteiger partial charge in [-0.25, -0.2) is 13.4 Å². The van der Waals surface area contributed by atoms with Gasteiger partial charge in [-0.3, -0.25) is 4.79 Å². The number of benzene rings is 1. The third-order valence-electron chi connectivity index (χ3n) is 4.39. The van der Waals surface area contributed by atoms with Gasteiger partial charge in [-0.15, -0.1) is 11.3 Å². The van der Waals surface area contributed by atoms with Crippen molar-refractivity contribution in [1.82, 2.24) is 9.29 Å². The second-order valence-corrected chi connectivity index (χ2v) is 11.2. The Kier molecular flexibility index (Phi) is 4.98. The highest BCUT2D eigenvalue weighted by atomic mass is 35.5. The van der Waals surface area contributed by atoms with Gasteiger partial charge < -0.3 is 5.32 Å². The standard InChI is InChI=1S/C17H16ClN3O3S3/c1-10-4-5-11-13(9-10)25-17(19-11)20-16(22)12-3-2-8-21(12)27(23,24)15-7-6-14(18)26-15/h4-7,9,12H,2-3,8H2,1H3,(H,19,20,22). The maximum atomic E-state index is 12.9. The first-order chi connectivity index (χ1) is 12.8. The van der Waals surface area contributed by atoms with Crippen LogP contribution in [-0.4, -0.2) is 36.2 Å². The molecule has 1 atom stereocenters. The summed E-state index contributed by atoms with van der Waals surface area (Å²) in [6, 6.07) is 8.16. The summed E-state index contributed by atoms with van der Waals surface area (Å²) in [5.74, 6) is -0.352. The first kappa shape index (κ1) is 18.8. The lowest BCUT2D eigenvalue weighted by Gasteiger charge is -2.22. The third-order valence-corrected chi connectivity index (χ3v) is 8.93. The van der Waals surface area contributed by atoms with E-state index in [-0.39, 0.29) is 10.1 Å². The minimum atomic E-state index is -3.75. The number of thiophene rings is 1. The smallest absolute Gasteiger partial charge is 0.253 e. The zero-order valence-corrected chi connectivity index (χ0v) is 17.5. The average molecular weight is 442 g/mol. The number of aromatic nitrogens is 1. The Hall–Kier alpha value is -1.52. The molecule has 0 bridgehead atoms. The van der Waals surface area contributed by atoms with Gasteiger partial charge in [-0.1, -0.05) is 29.0 Å². The van der Waals surface area contributed by atoms with Crippen LogP contribution in [0.2, 0.25) is 4.34 Å². The lowest BCUT2D eigenvalue weighted by Crippen LogP contribution is -2.42. The number of nitrogens with zero attached hydrogens (tertiary/aromatic N) is 2. The molecule has 10 heteroatoms. The SMILES string of the molecule is Cc1ccc2nc(NC(=O)C3CCCN3S(=O)(=O)c3ccc(Cl)s3)sc2c1. The summed E-state index contributed by atoms with van der Waals surface area (Å²) in [7, 11) is -3.75. The van der Waals surface area contributed by atoms with Crippen LogP contribution in [0, 0.1) is 6.92 Å². The van der Waals surface area contributed by atoms with E-state index in [9.17, 15) is 13.2 Å². The highest BCUT2D eigenvalue weighted by molar-refractivity contribution is 7.91. The van der Waals surface area contributed by atoms with Crippen molar-refractivity contribution in [2.75, 3.05) is 11.9 Å². The number of hydrogen-bond acceptors (Lipinski definition) is 6. The average Bonchev–Trinajstić information content (AvgIpc) is 3.32. The zero-order chi connectivity index (χ0) is 19.2. The van der Waals surface area contributed by atoms with E-state index >= 15 is 0 Å². The van der Waals surface area contributed by atoms with Gasteiger partial charge in [0.25, 0.3) is 10.0 Å². The molecule has 4 rings (SSSR count).